The number of ether oxygens (including phenoxy) is 1. The highest BCUT2D eigenvalue weighted by Gasteiger charge is 2.46. The van der Waals surface area contributed by atoms with E-state index in [4.69, 9.17) is 4.74 Å². The molecule has 0 aromatic heterocycles. The topological polar surface area (TPSA) is 58.6 Å². The minimum Gasteiger partial charge on any atom is -0.480 e. The molecule has 4 nitrogen and oxygen atoms in total. The van der Waals surface area contributed by atoms with Gasteiger partial charge in [-0.15, -0.1) is 0 Å². The summed E-state index contributed by atoms with van der Waals surface area (Å²) in [6.45, 7) is 3.94. The maximum absolute atomic E-state index is 11.7. The van der Waals surface area contributed by atoms with Crippen LogP contribution in [0.25, 0.3) is 0 Å². The predicted octanol–water partition coefficient (Wildman–Crippen LogP) is 2.32. The minimum absolute atomic E-state index is 0.0148. The van der Waals surface area contributed by atoms with Crippen molar-refractivity contribution in [2.45, 2.75) is 82.6 Å². The summed E-state index contributed by atoms with van der Waals surface area (Å²) in [6.07, 6.45) is 7.11. The smallest absolute Gasteiger partial charge is 0.324 e. The Bertz CT molecular complexity index is 289. The van der Waals surface area contributed by atoms with Crippen molar-refractivity contribution in [2.75, 3.05) is 0 Å². The van der Waals surface area contributed by atoms with E-state index in [2.05, 4.69) is 5.32 Å². The first kappa shape index (κ1) is 13.8. The molecule has 18 heavy (non-hydrogen) atoms. The molecule has 1 saturated heterocycles. The lowest BCUT2D eigenvalue weighted by atomic mass is 9.82. The summed E-state index contributed by atoms with van der Waals surface area (Å²) < 4.78 is 5.68. The summed E-state index contributed by atoms with van der Waals surface area (Å²) in [6, 6.07) is 0.368. The van der Waals surface area contributed by atoms with Crippen molar-refractivity contribution in [2.24, 2.45) is 0 Å². The van der Waals surface area contributed by atoms with Gasteiger partial charge >= 0.3 is 5.97 Å². The molecule has 0 bridgehead atoms. The number of hydrogen-bond acceptors (Lipinski definition) is 3. The van der Waals surface area contributed by atoms with Crippen molar-refractivity contribution in [3.05, 3.63) is 0 Å². The van der Waals surface area contributed by atoms with Gasteiger partial charge in [-0.25, -0.2) is 0 Å². The number of carbonyl (C=O) groups is 1. The highest BCUT2D eigenvalue weighted by Crippen LogP contribution is 2.31. The van der Waals surface area contributed by atoms with Crippen molar-refractivity contribution in [1.29, 1.82) is 0 Å². The fourth-order valence-corrected chi connectivity index (χ4v) is 3.55. The summed E-state index contributed by atoms with van der Waals surface area (Å²) in [5.74, 6) is -0.713. The van der Waals surface area contributed by atoms with Gasteiger partial charge in [0, 0.05) is 18.9 Å². The van der Waals surface area contributed by atoms with Crippen molar-refractivity contribution >= 4 is 5.97 Å². The minimum atomic E-state index is -0.779. The highest BCUT2D eigenvalue weighted by atomic mass is 16.5. The number of carboxylic acids is 1. The van der Waals surface area contributed by atoms with Gasteiger partial charge in [0.15, 0.2) is 0 Å². The molecule has 104 valence electrons. The Morgan fingerprint density at radius 3 is 2.22 bits per heavy atom. The molecule has 1 saturated carbocycles. The molecule has 2 fully saturated rings. The molecule has 2 aliphatic rings. The Morgan fingerprint density at radius 1 is 1.17 bits per heavy atom. The lowest BCUT2D eigenvalue weighted by molar-refractivity contribution is -0.156. The quantitative estimate of drug-likeness (QED) is 0.812. The molecule has 2 N–H and O–H groups in total. The molecule has 0 aromatic carbocycles. The molecular formula is C14H25NO3. The van der Waals surface area contributed by atoms with E-state index in [0.717, 1.165) is 12.8 Å². The monoisotopic (exact) mass is 255 g/mol. The number of carboxylic acid groups (broad SMARTS) is 1. The third-order valence-corrected chi connectivity index (χ3v) is 4.23. The lowest BCUT2D eigenvalue weighted by Crippen LogP contribution is -2.61. The zero-order valence-electron chi connectivity index (χ0n) is 11.4. The molecule has 1 aliphatic carbocycles. The van der Waals surface area contributed by atoms with Crippen LogP contribution in [0.5, 0.6) is 0 Å². The summed E-state index contributed by atoms with van der Waals surface area (Å²) in [5, 5.41) is 13.1. The van der Waals surface area contributed by atoms with E-state index in [1.807, 2.05) is 13.8 Å². The third-order valence-electron chi connectivity index (χ3n) is 4.23. The molecule has 1 aliphatic heterocycles. The first-order valence-electron chi connectivity index (χ1n) is 7.18. The van der Waals surface area contributed by atoms with Crippen molar-refractivity contribution in [3.63, 3.8) is 0 Å². The second-order valence-corrected chi connectivity index (χ2v) is 6.03. The van der Waals surface area contributed by atoms with Gasteiger partial charge in [-0.3, -0.25) is 10.1 Å². The number of nitrogens with one attached hydrogen (secondary N) is 1. The first-order valence-corrected chi connectivity index (χ1v) is 7.18. The maximum atomic E-state index is 11.7. The molecule has 0 radical (unpaired) electrons. The molecule has 1 heterocycles. The third kappa shape index (κ3) is 3.04. The Morgan fingerprint density at radius 2 is 1.72 bits per heavy atom. The fourth-order valence-electron chi connectivity index (χ4n) is 3.55. The van der Waals surface area contributed by atoms with Crippen LogP contribution >= 0.6 is 0 Å². The van der Waals surface area contributed by atoms with Gasteiger partial charge in [-0.1, -0.05) is 19.3 Å². The Labute approximate surface area is 109 Å². The second-order valence-electron chi connectivity index (χ2n) is 6.03. The molecule has 2 atom stereocenters. The van der Waals surface area contributed by atoms with Crippen molar-refractivity contribution in [1.82, 2.24) is 5.32 Å². The zero-order chi connectivity index (χ0) is 13.2. The van der Waals surface area contributed by atoms with Crippen LogP contribution in [0.2, 0.25) is 0 Å². The first-order chi connectivity index (χ1) is 8.52. The summed E-state index contributed by atoms with van der Waals surface area (Å²) >= 11 is 0. The molecule has 0 amide bonds. The summed E-state index contributed by atoms with van der Waals surface area (Å²) in [7, 11) is 0. The average Bonchev–Trinajstić information content (AvgIpc) is 2.28. The maximum Gasteiger partial charge on any atom is 0.324 e. The Kier molecular flexibility index (Phi) is 4.28. The SMILES string of the molecule is CC1CC(NC2CCCCC2)(C(=O)O)CC(C)O1. The van der Waals surface area contributed by atoms with E-state index in [0.29, 0.717) is 18.9 Å². The van der Waals surface area contributed by atoms with Crippen LogP contribution in [0.4, 0.5) is 0 Å². The van der Waals surface area contributed by atoms with Gasteiger partial charge < -0.3 is 9.84 Å². The van der Waals surface area contributed by atoms with Crippen LogP contribution < -0.4 is 5.32 Å². The van der Waals surface area contributed by atoms with Crippen LogP contribution in [0.15, 0.2) is 0 Å². The van der Waals surface area contributed by atoms with Gasteiger partial charge in [0.25, 0.3) is 0 Å². The summed E-state index contributed by atoms with van der Waals surface area (Å²) in [5.41, 5.74) is -0.779. The van der Waals surface area contributed by atoms with Gasteiger partial charge in [0.2, 0.25) is 0 Å². The molecule has 0 aromatic rings. The van der Waals surface area contributed by atoms with E-state index < -0.39 is 11.5 Å². The number of rotatable bonds is 3. The largest absolute Gasteiger partial charge is 0.480 e. The summed E-state index contributed by atoms with van der Waals surface area (Å²) in [4.78, 5) is 11.7. The van der Waals surface area contributed by atoms with Crippen LogP contribution in [0.3, 0.4) is 0 Å². The second kappa shape index (κ2) is 5.57. The number of hydrogen-bond donors (Lipinski definition) is 2. The van der Waals surface area contributed by atoms with Crippen molar-refractivity contribution in [3.8, 4) is 0 Å². The predicted molar refractivity (Wildman–Crippen MR) is 69.6 cm³/mol. The van der Waals surface area contributed by atoms with Crippen molar-refractivity contribution < 1.29 is 14.6 Å². The van der Waals surface area contributed by atoms with E-state index >= 15 is 0 Å². The molecular weight excluding hydrogens is 230 g/mol. The van der Waals surface area contributed by atoms with Gasteiger partial charge in [0.05, 0.1) is 12.2 Å². The number of aliphatic carboxylic acids is 1. The normalized spacial score (nSPS) is 38.6. The molecule has 0 spiro atoms. The standard InChI is InChI=1S/C14H25NO3/c1-10-8-14(13(16)17,9-11(2)18-10)15-12-6-4-3-5-7-12/h10-12,15H,3-9H2,1-2H3,(H,16,17). The van der Waals surface area contributed by atoms with Crippen LogP contribution in [0, 0.1) is 0 Å². The van der Waals surface area contributed by atoms with Gasteiger partial charge in [-0.2, -0.15) is 0 Å². The molecule has 4 heteroatoms. The molecule has 2 unspecified atom stereocenters. The Balaban J connectivity index is 2.07. The molecule has 2 rings (SSSR count). The van der Waals surface area contributed by atoms with Crippen LogP contribution in [-0.4, -0.2) is 34.9 Å². The van der Waals surface area contributed by atoms with E-state index in [9.17, 15) is 9.90 Å². The average molecular weight is 255 g/mol. The lowest BCUT2D eigenvalue weighted by Gasteiger charge is -2.43. The zero-order valence-corrected chi connectivity index (χ0v) is 11.4. The fraction of sp³-hybridized carbons (Fsp3) is 0.929. The van der Waals surface area contributed by atoms with Crippen LogP contribution in [0.1, 0.15) is 58.8 Å². The van der Waals surface area contributed by atoms with E-state index in [1.54, 1.807) is 0 Å². The highest BCUT2D eigenvalue weighted by molar-refractivity contribution is 5.79. The van der Waals surface area contributed by atoms with E-state index in [-0.39, 0.29) is 12.2 Å². The van der Waals surface area contributed by atoms with Gasteiger partial charge in [-0.05, 0) is 26.7 Å². The van der Waals surface area contributed by atoms with E-state index in [1.165, 1.54) is 19.3 Å². The van der Waals surface area contributed by atoms with Gasteiger partial charge in [0.1, 0.15) is 5.54 Å². The van der Waals surface area contributed by atoms with Crippen LogP contribution in [-0.2, 0) is 9.53 Å². The Hall–Kier alpha value is -0.610.